The molecule has 0 fully saturated rings. The molecule has 0 aliphatic rings. The number of hydrogen-bond acceptors (Lipinski definition) is 8. The lowest BCUT2D eigenvalue weighted by molar-refractivity contribution is -0.278. The summed E-state index contributed by atoms with van der Waals surface area (Å²) in [5, 5.41) is -2.89. The SMILES string of the molecule is CCOOP(=O)(OOCC)C(NC(=O)c1ccccc1)(C(=O)OC)C(F)(F)F. The van der Waals surface area contributed by atoms with E-state index in [0.29, 0.717) is 7.11 Å². The Morgan fingerprint density at radius 3 is 1.93 bits per heavy atom. The molecule has 1 unspecified atom stereocenters. The molecular weight excluding hydrogens is 410 g/mol. The molecule has 1 atom stereocenters. The number of ether oxygens (including phenoxy) is 1. The van der Waals surface area contributed by atoms with Gasteiger partial charge in [0.2, 0.25) is 0 Å². The summed E-state index contributed by atoms with van der Waals surface area (Å²) in [5.74, 6) is -3.56. The quantitative estimate of drug-likeness (QED) is 0.262. The summed E-state index contributed by atoms with van der Waals surface area (Å²) in [6.07, 6.45) is -5.70. The van der Waals surface area contributed by atoms with Gasteiger partial charge in [0, 0.05) is 5.56 Å². The normalized spacial score (nSPS) is 14.2. The van der Waals surface area contributed by atoms with Crippen LogP contribution in [0.3, 0.4) is 0 Å². The standard InChI is InChI=1S/C15H19F3NO8P/c1-4-24-26-28(22,27-25-5-2)14(13(21)23-3,15(16,17)18)19-12(20)11-9-7-6-8-10-11/h6-10H,4-5H2,1-3H3,(H,19,20). The van der Waals surface area contributed by atoms with E-state index in [2.05, 4.69) is 23.9 Å². The van der Waals surface area contributed by atoms with Crippen molar-refractivity contribution in [2.75, 3.05) is 20.3 Å². The van der Waals surface area contributed by atoms with E-state index in [0.717, 1.165) is 0 Å². The third kappa shape index (κ3) is 4.89. The molecule has 0 spiro atoms. The summed E-state index contributed by atoms with van der Waals surface area (Å²) in [7, 11) is -5.14. The van der Waals surface area contributed by atoms with Crippen molar-refractivity contribution in [1.82, 2.24) is 5.32 Å². The number of esters is 1. The van der Waals surface area contributed by atoms with Gasteiger partial charge >= 0.3 is 25.0 Å². The Bertz CT molecular complexity index is 703. The Morgan fingerprint density at radius 2 is 1.54 bits per heavy atom. The van der Waals surface area contributed by atoms with Crippen molar-refractivity contribution >= 4 is 19.5 Å². The van der Waals surface area contributed by atoms with E-state index in [9.17, 15) is 27.3 Å². The van der Waals surface area contributed by atoms with Crippen LogP contribution < -0.4 is 5.32 Å². The average Bonchev–Trinajstić information content (AvgIpc) is 2.67. The first-order valence-electron chi connectivity index (χ1n) is 7.84. The molecule has 28 heavy (non-hydrogen) atoms. The lowest BCUT2D eigenvalue weighted by Crippen LogP contribution is -2.64. The molecule has 1 aromatic rings. The van der Waals surface area contributed by atoms with Gasteiger partial charge in [-0.15, -0.1) is 9.35 Å². The number of rotatable bonds is 10. The van der Waals surface area contributed by atoms with E-state index in [-0.39, 0.29) is 18.8 Å². The highest BCUT2D eigenvalue weighted by atomic mass is 31.2. The molecule has 1 amide bonds. The third-order valence-corrected chi connectivity index (χ3v) is 5.14. The number of amides is 1. The number of carbonyl (C=O) groups is 2. The summed E-state index contributed by atoms with van der Waals surface area (Å²) < 4.78 is 68.1. The van der Waals surface area contributed by atoms with Crippen LogP contribution in [0.4, 0.5) is 13.2 Å². The van der Waals surface area contributed by atoms with Crippen LogP contribution in [0.2, 0.25) is 0 Å². The molecule has 0 aromatic heterocycles. The first-order chi connectivity index (χ1) is 13.1. The number of nitrogens with one attached hydrogen (secondary N) is 1. The first kappa shape index (κ1) is 24.1. The van der Waals surface area contributed by atoms with Crippen LogP contribution in [0.1, 0.15) is 24.2 Å². The molecule has 0 bridgehead atoms. The largest absolute Gasteiger partial charge is 0.467 e. The topological polar surface area (TPSA) is 109 Å². The molecule has 0 aliphatic heterocycles. The molecule has 9 nitrogen and oxygen atoms in total. The van der Waals surface area contributed by atoms with Crippen molar-refractivity contribution in [1.29, 1.82) is 0 Å². The van der Waals surface area contributed by atoms with Gasteiger partial charge in [-0.3, -0.25) is 9.36 Å². The van der Waals surface area contributed by atoms with Gasteiger partial charge in [-0.1, -0.05) is 18.2 Å². The van der Waals surface area contributed by atoms with Gasteiger partial charge in [-0.2, -0.15) is 13.2 Å². The zero-order valence-electron chi connectivity index (χ0n) is 15.1. The maximum Gasteiger partial charge on any atom is 0.434 e. The Morgan fingerprint density at radius 1 is 1.04 bits per heavy atom. The van der Waals surface area contributed by atoms with Crippen LogP contribution in [-0.2, 0) is 33.2 Å². The number of alkyl halides is 3. The maximum absolute atomic E-state index is 14.1. The maximum atomic E-state index is 14.1. The van der Waals surface area contributed by atoms with Gasteiger partial charge in [0.05, 0.1) is 20.3 Å². The summed E-state index contributed by atoms with van der Waals surface area (Å²) in [4.78, 5) is 33.3. The highest BCUT2D eigenvalue weighted by Crippen LogP contribution is 2.65. The molecule has 158 valence electrons. The van der Waals surface area contributed by atoms with Crippen LogP contribution in [0.5, 0.6) is 0 Å². The van der Waals surface area contributed by atoms with Gasteiger partial charge in [0.15, 0.2) is 0 Å². The highest BCUT2D eigenvalue weighted by molar-refractivity contribution is 7.56. The van der Waals surface area contributed by atoms with E-state index in [1.54, 1.807) is 0 Å². The number of hydrogen-bond donors (Lipinski definition) is 1. The molecule has 0 aliphatic carbocycles. The van der Waals surface area contributed by atoms with Crippen molar-refractivity contribution in [3.63, 3.8) is 0 Å². The number of benzene rings is 1. The highest BCUT2D eigenvalue weighted by Gasteiger charge is 2.77. The zero-order valence-corrected chi connectivity index (χ0v) is 16.0. The fourth-order valence-electron chi connectivity index (χ4n) is 1.92. The fourth-order valence-corrected chi connectivity index (χ4v) is 3.52. The smallest absolute Gasteiger partial charge is 0.434 e. The summed E-state index contributed by atoms with van der Waals surface area (Å²) >= 11 is 0. The molecule has 0 saturated carbocycles. The van der Waals surface area contributed by atoms with E-state index < -0.39 is 30.9 Å². The van der Waals surface area contributed by atoms with E-state index >= 15 is 0 Å². The van der Waals surface area contributed by atoms with Crippen molar-refractivity contribution in [2.45, 2.75) is 25.3 Å². The van der Waals surface area contributed by atoms with Crippen molar-refractivity contribution in [2.24, 2.45) is 0 Å². The van der Waals surface area contributed by atoms with Crippen LogP contribution in [0.25, 0.3) is 0 Å². The monoisotopic (exact) mass is 429 g/mol. The molecule has 0 radical (unpaired) electrons. The predicted molar refractivity (Wildman–Crippen MR) is 87.7 cm³/mol. The Hall–Kier alpha value is -1.98. The van der Waals surface area contributed by atoms with Crippen molar-refractivity contribution in [3.8, 4) is 0 Å². The van der Waals surface area contributed by atoms with E-state index in [1.807, 2.05) is 0 Å². The van der Waals surface area contributed by atoms with Gasteiger partial charge < -0.3 is 10.1 Å². The van der Waals surface area contributed by atoms with Crippen LogP contribution in [0, 0.1) is 0 Å². The van der Waals surface area contributed by atoms with Crippen LogP contribution in [0.15, 0.2) is 30.3 Å². The fraction of sp³-hybridized carbons (Fsp3) is 0.467. The van der Waals surface area contributed by atoms with Crippen molar-refractivity contribution < 1.29 is 51.2 Å². The van der Waals surface area contributed by atoms with Gasteiger partial charge in [-0.25, -0.2) is 14.6 Å². The Kier molecular flexibility index (Phi) is 8.58. The summed E-state index contributed by atoms with van der Waals surface area (Å²) in [6, 6.07) is 6.59. The van der Waals surface area contributed by atoms with E-state index in [1.165, 1.54) is 49.5 Å². The first-order valence-corrected chi connectivity index (χ1v) is 9.39. The van der Waals surface area contributed by atoms with Crippen LogP contribution >= 0.6 is 7.60 Å². The second kappa shape index (κ2) is 9.99. The minimum Gasteiger partial charge on any atom is -0.467 e. The Labute approximate surface area is 158 Å². The lowest BCUT2D eigenvalue weighted by Gasteiger charge is -2.36. The van der Waals surface area contributed by atoms with Gasteiger partial charge in [-0.05, 0) is 26.0 Å². The Balaban J connectivity index is 3.61. The molecule has 1 rings (SSSR count). The molecule has 0 heterocycles. The van der Waals surface area contributed by atoms with Crippen molar-refractivity contribution in [3.05, 3.63) is 35.9 Å². The predicted octanol–water partition coefficient (Wildman–Crippen LogP) is 2.98. The van der Waals surface area contributed by atoms with Gasteiger partial charge in [0.1, 0.15) is 0 Å². The van der Waals surface area contributed by atoms with E-state index in [4.69, 9.17) is 0 Å². The molecule has 0 saturated heterocycles. The molecule has 1 aromatic carbocycles. The minimum atomic E-state index is -5.74. The lowest BCUT2D eigenvalue weighted by atomic mass is 10.2. The zero-order chi connectivity index (χ0) is 21.4. The third-order valence-electron chi connectivity index (χ3n) is 3.17. The summed E-state index contributed by atoms with van der Waals surface area (Å²) in [6.45, 7) is 1.89. The summed E-state index contributed by atoms with van der Waals surface area (Å²) in [5.41, 5.74) is -0.264. The minimum absolute atomic E-state index is 0.264. The average molecular weight is 429 g/mol. The van der Waals surface area contributed by atoms with Gasteiger partial charge in [0.25, 0.3) is 5.91 Å². The number of carbonyl (C=O) groups excluding carboxylic acids is 2. The second-order valence-electron chi connectivity index (χ2n) is 4.98. The second-order valence-corrected chi connectivity index (χ2v) is 6.94. The molecule has 1 N–H and O–H groups in total. The number of halogens is 3. The van der Waals surface area contributed by atoms with Crippen LogP contribution in [-0.4, -0.2) is 43.7 Å². The molecule has 13 heteroatoms. The number of methoxy groups -OCH3 is 1. The molecular formula is C15H19F3NO8P.